The molecule has 1 atom stereocenters. The average Bonchev–Trinajstić information content (AvgIpc) is 2.37. The Morgan fingerprint density at radius 2 is 2.16 bits per heavy atom. The van der Waals surface area contributed by atoms with Crippen LogP contribution in [0.1, 0.15) is 32.8 Å². The van der Waals surface area contributed by atoms with Crippen LogP contribution in [0.2, 0.25) is 0 Å². The van der Waals surface area contributed by atoms with Crippen molar-refractivity contribution in [3.05, 3.63) is 29.8 Å². The van der Waals surface area contributed by atoms with E-state index in [1.807, 2.05) is 0 Å². The van der Waals surface area contributed by atoms with Gasteiger partial charge >= 0.3 is 0 Å². The summed E-state index contributed by atoms with van der Waals surface area (Å²) in [6.07, 6.45) is 1.61. The molecule has 1 heterocycles. The molecule has 0 bridgehead atoms. The molecule has 0 aromatic heterocycles. The maximum Gasteiger partial charge on any atom is 0.0638 e. The van der Waals surface area contributed by atoms with Gasteiger partial charge in [-0.1, -0.05) is 25.1 Å². The highest BCUT2D eigenvalue weighted by molar-refractivity contribution is 5.54. The molecule has 1 fully saturated rings. The highest BCUT2D eigenvalue weighted by Crippen LogP contribution is 2.26. The van der Waals surface area contributed by atoms with Crippen molar-refractivity contribution in [3.8, 4) is 6.07 Å². The number of nitrogens with one attached hydrogen (secondary N) is 1. The van der Waals surface area contributed by atoms with Crippen LogP contribution < -0.4 is 10.2 Å². The topological polar surface area (TPSA) is 39.1 Å². The van der Waals surface area contributed by atoms with Crippen LogP contribution in [0.15, 0.2) is 24.3 Å². The van der Waals surface area contributed by atoms with Crippen LogP contribution in [0, 0.1) is 11.3 Å². The summed E-state index contributed by atoms with van der Waals surface area (Å²) in [7, 11) is 0. The van der Waals surface area contributed by atoms with Crippen molar-refractivity contribution >= 4 is 5.69 Å². The lowest BCUT2D eigenvalue weighted by molar-refractivity contribution is 0.291. The number of piperazine rings is 1. The second kappa shape index (κ2) is 5.63. The van der Waals surface area contributed by atoms with Gasteiger partial charge < -0.3 is 10.2 Å². The Kier molecular flexibility index (Phi) is 4.11. The fourth-order valence-corrected chi connectivity index (χ4v) is 2.98. The van der Waals surface area contributed by atoms with E-state index < -0.39 is 0 Å². The minimum Gasteiger partial charge on any atom is -0.368 e. The number of nitrogens with zero attached hydrogens (tertiary/aromatic N) is 2. The summed E-state index contributed by atoms with van der Waals surface area (Å²) in [5, 5.41) is 12.5. The van der Waals surface area contributed by atoms with Gasteiger partial charge in [-0.15, -0.1) is 0 Å². The van der Waals surface area contributed by atoms with Crippen molar-refractivity contribution in [3.63, 3.8) is 0 Å². The standard InChI is InChI=1S/C16H23N3/c1-4-13-7-5-6-8-15(13)19-11-14(9-10-17)18-16(2,3)12-19/h5-8,14,18H,4,9,11-12H2,1-3H3. The van der Waals surface area contributed by atoms with Crippen molar-refractivity contribution in [2.75, 3.05) is 18.0 Å². The molecule has 1 aromatic carbocycles. The third-order valence-electron chi connectivity index (χ3n) is 3.67. The summed E-state index contributed by atoms with van der Waals surface area (Å²) in [6.45, 7) is 8.50. The Hall–Kier alpha value is -1.53. The third-order valence-corrected chi connectivity index (χ3v) is 3.67. The summed E-state index contributed by atoms with van der Waals surface area (Å²) in [5.41, 5.74) is 2.75. The zero-order chi connectivity index (χ0) is 13.9. The minimum atomic E-state index is 0.0423. The largest absolute Gasteiger partial charge is 0.368 e. The highest BCUT2D eigenvalue weighted by Gasteiger charge is 2.32. The lowest BCUT2D eigenvalue weighted by atomic mass is 9.96. The van der Waals surface area contributed by atoms with E-state index in [1.165, 1.54) is 11.3 Å². The first-order valence-electron chi connectivity index (χ1n) is 7.03. The number of aryl methyl sites for hydroxylation is 1. The Morgan fingerprint density at radius 1 is 1.42 bits per heavy atom. The molecule has 102 valence electrons. The number of rotatable bonds is 3. The van der Waals surface area contributed by atoms with Crippen LogP contribution in [0.5, 0.6) is 0 Å². The SMILES string of the molecule is CCc1ccccc1N1CC(CC#N)NC(C)(C)C1. The number of hydrogen-bond donors (Lipinski definition) is 1. The maximum absolute atomic E-state index is 8.94. The van der Waals surface area contributed by atoms with Gasteiger partial charge in [0.05, 0.1) is 12.5 Å². The van der Waals surface area contributed by atoms with E-state index in [0.29, 0.717) is 6.42 Å². The summed E-state index contributed by atoms with van der Waals surface area (Å²) in [4.78, 5) is 2.43. The van der Waals surface area contributed by atoms with Crippen molar-refractivity contribution < 1.29 is 0 Å². The van der Waals surface area contributed by atoms with E-state index in [9.17, 15) is 0 Å². The quantitative estimate of drug-likeness (QED) is 0.905. The fourth-order valence-electron chi connectivity index (χ4n) is 2.98. The van der Waals surface area contributed by atoms with Crippen molar-refractivity contribution in [1.82, 2.24) is 5.32 Å². The second-order valence-electron chi connectivity index (χ2n) is 5.95. The van der Waals surface area contributed by atoms with Crippen molar-refractivity contribution in [1.29, 1.82) is 5.26 Å². The van der Waals surface area contributed by atoms with Crippen molar-refractivity contribution in [2.45, 2.75) is 45.2 Å². The molecule has 1 N–H and O–H groups in total. The molecule has 0 saturated carbocycles. The number of para-hydroxylation sites is 1. The normalized spacial score (nSPS) is 22.0. The van der Waals surface area contributed by atoms with E-state index >= 15 is 0 Å². The summed E-state index contributed by atoms with van der Waals surface area (Å²) < 4.78 is 0. The monoisotopic (exact) mass is 257 g/mol. The van der Waals surface area contributed by atoms with Gasteiger partial charge in [-0.05, 0) is 31.9 Å². The molecule has 0 aliphatic carbocycles. The van der Waals surface area contributed by atoms with Gasteiger partial charge in [-0.2, -0.15) is 5.26 Å². The predicted octanol–water partition coefficient (Wildman–Crippen LogP) is 2.72. The zero-order valence-electron chi connectivity index (χ0n) is 12.1. The number of nitriles is 1. The molecule has 1 unspecified atom stereocenters. The predicted molar refractivity (Wildman–Crippen MR) is 79.3 cm³/mol. The van der Waals surface area contributed by atoms with E-state index in [1.54, 1.807) is 0 Å². The van der Waals surface area contributed by atoms with Gasteiger partial charge in [0, 0.05) is 30.4 Å². The molecular weight excluding hydrogens is 234 g/mol. The summed E-state index contributed by atoms with van der Waals surface area (Å²) in [5.74, 6) is 0. The first kappa shape index (κ1) is 13.9. The van der Waals surface area contributed by atoms with Gasteiger partial charge in [0.15, 0.2) is 0 Å². The average molecular weight is 257 g/mol. The van der Waals surface area contributed by atoms with Gasteiger partial charge in [0.1, 0.15) is 0 Å². The van der Waals surface area contributed by atoms with E-state index in [4.69, 9.17) is 5.26 Å². The Morgan fingerprint density at radius 3 is 2.84 bits per heavy atom. The Balaban J connectivity index is 2.25. The van der Waals surface area contributed by atoms with Crippen LogP contribution >= 0.6 is 0 Å². The molecule has 1 aliphatic heterocycles. The van der Waals surface area contributed by atoms with Gasteiger partial charge in [0.25, 0.3) is 0 Å². The Labute approximate surface area is 116 Å². The molecule has 0 spiro atoms. The first-order valence-corrected chi connectivity index (χ1v) is 7.03. The van der Waals surface area contributed by atoms with E-state index in [0.717, 1.165) is 19.5 Å². The van der Waals surface area contributed by atoms with E-state index in [-0.39, 0.29) is 11.6 Å². The lowest BCUT2D eigenvalue weighted by Gasteiger charge is -2.45. The first-order chi connectivity index (χ1) is 9.05. The molecule has 0 amide bonds. The molecule has 1 saturated heterocycles. The molecule has 3 nitrogen and oxygen atoms in total. The van der Waals surface area contributed by atoms with Crippen LogP contribution in [0.25, 0.3) is 0 Å². The second-order valence-corrected chi connectivity index (χ2v) is 5.95. The molecule has 19 heavy (non-hydrogen) atoms. The van der Waals surface area contributed by atoms with Gasteiger partial charge in [0.2, 0.25) is 0 Å². The van der Waals surface area contributed by atoms with Crippen LogP contribution in [0.4, 0.5) is 5.69 Å². The zero-order valence-corrected chi connectivity index (χ0v) is 12.1. The van der Waals surface area contributed by atoms with Gasteiger partial charge in [-0.3, -0.25) is 0 Å². The fraction of sp³-hybridized carbons (Fsp3) is 0.562. The molecule has 1 aromatic rings. The minimum absolute atomic E-state index is 0.0423. The molecule has 1 aliphatic rings. The van der Waals surface area contributed by atoms with Crippen LogP contribution in [0.3, 0.4) is 0 Å². The number of hydrogen-bond acceptors (Lipinski definition) is 3. The third kappa shape index (κ3) is 3.27. The highest BCUT2D eigenvalue weighted by atomic mass is 15.2. The summed E-state index contributed by atoms with van der Waals surface area (Å²) >= 11 is 0. The maximum atomic E-state index is 8.94. The molecule has 0 radical (unpaired) electrons. The van der Waals surface area contributed by atoms with Crippen molar-refractivity contribution in [2.24, 2.45) is 0 Å². The van der Waals surface area contributed by atoms with Crippen LogP contribution in [-0.2, 0) is 6.42 Å². The Bertz CT molecular complexity index is 473. The lowest BCUT2D eigenvalue weighted by Crippen LogP contribution is -2.62. The van der Waals surface area contributed by atoms with Gasteiger partial charge in [-0.25, -0.2) is 0 Å². The molecule has 2 rings (SSSR count). The smallest absolute Gasteiger partial charge is 0.0638 e. The number of benzene rings is 1. The summed E-state index contributed by atoms with van der Waals surface area (Å²) in [6, 6.07) is 11.1. The molecular formula is C16H23N3. The van der Waals surface area contributed by atoms with E-state index in [2.05, 4.69) is 61.3 Å². The molecule has 3 heteroatoms. The number of anilines is 1. The van der Waals surface area contributed by atoms with Crippen LogP contribution in [-0.4, -0.2) is 24.7 Å².